The summed E-state index contributed by atoms with van der Waals surface area (Å²) >= 11 is 0.928. The van der Waals surface area contributed by atoms with E-state index >= 15 is 0 Å². The van der Waals surface area contributed by atoms with Crippen LogP contribution in [0.4, 0.5) is 14.7 Å². The first-order valence-electron chi connectivity index (χ1n) is 12.6. The Morgan fingerprint density at radius 1 is 1.21 bits per heavy atom. The molecule has 8 N–H and O–H groups in total. The molecular weight excluding hydrogens is 683 g/mol. The van der Waals surface area contributed by atoms with Crippen LogP contribution in [0, 0.1) is 0 Å². The fourth-order valence-corrected chi connectivity index (χ4v) is 5.20. The zero-order chi connectivity index (χ0) is 34.1. The van der Waals surface area contributed by atoms with E-state index in [-0.39, 0.29) is 56.9 Å². The van der Waals surface area contributed by atoms with Crippen molar-refractivity contribution in [1.82, 2.24) is 39.6 Å². The van der Waals surface area contributed by atoms with Crippen molar-refractivity contribution in [1.29, 1.82) is 0 Å². The number of pyridine rings is 1. The van der Waals surface area contributed by atoms with Crippen LogP contribution in [0.1, 0.15) is 30.0 Å². The number of aromatic hydroxyl groups is 1. The third kappa shape index (κ3) is 7.97. The molecule has 4 heterocycles. The van der Waals surface area contributed by atoms with Gasteiger partial charge >= 0.3 is 57.8 Å². The van der Waals surface area contributed by atoms with Crippen LogP contribution >= 0.6 is 11.3 Å². The Bertz CT molecular complexity index is 1840. The summed E-state index contributed by atoms with van der Waals surface area (Å²) in [4.78, 5) is 97.6. The van der Waals surface area contributed by atoms with Crippen LogP contribution in [-0.2, 0) is 29.4 Å². The van der Waals surface area contributed by atoms with E-state index in [1.54, 1.807) is 4.72 Å². The molecule has 1 atom stereocenters. The molecule has 22 nitrogen and oxygen atoms in total. The van der Waals surface area contributed by atoms with Crippen molar-refractivity contribution in [3.05, 3.63) is 39.3 Å². The first kappa shape index (κ1) is 36.7. The molecule has 0 aliphatic carbocycles. The van der Waals surface area contributed by atoms with Crippen molar-refractivity contribution in [2.75, 3.05) is 25.4 Å². The van der Waals surface area contributed by atoms with E-state index in [1.807, 2.05) is 0 Å². The van der Waals surface area contributed by atoms with Crippen LogP contribution in [0.5, 0.6) is 5.75 Å². The van der Waals surface area contributed by atoms with Gasteiger partial charge in [-0.25, -0.2) is 33.4 Å². The first-order chi connectivity index (χ1) is 21.4. The number of carbonyl (C=O) groups excluding carboxylic acids is 5. The number of nitrogen functional groups attached to an aromatic ring is 1. The fourth-order valence-electron chi connectivity index (χ4n) is 3.58. The van der Waals surface area contributed by atoms with E-state index < -0.39 is 87.6 Å². The normalized spacial score (nSPS) is 16.6. The van der Waals surface area contributed by atoms with E-state index in [9.17, 15) is 52.2 Å². The predicted octanol–water partition coefficient (Wildman–Crippen LogP) is -3.58. The molecule has 2 aliphatic rings. The number of carboxylic acid groups (broad SMARTS) is 1. The number of nitrogens with zero attached hydrogens (tertiary/aromatic N) is 5. The third-order valence-electron chi connectivity index (χ3n) is 6.19. The van der Waals surface area contributed by atoms with Gasteiger partial charge in [0.05, 0.1) is 19.6 Å². The Kier molecular flexibility index (Phi) is 10.9. The summed E-state index contributed by atoms with van der Waals surface area (Å²) in [5, 5.41) is 26.3. The predicted molar refractivity (Wildman–Crippen MR) is 159 cm³/mol. The number of hydrazine groups is 1. The van der Waals surface area contributed by atoms with Gasteiger partial charge in [-0.1, -0.05) is 5.16 Å². The molecule has 0 spiro atoms. The second kappa shape index (κ2) is 13.9. The summed E-state index contributed by atoms with van der Waals surface area (Å²) in [6.07, 6.45) is 0.837. The average molecular weight is 709 g/mol. The van der Waals surface area contributed by atoms with Crippen molar-refractivity contribution in [3.63, 3.8) is 0 Å². The van der Waals surface area contributed by atoms with E-state index in [0.29, 0.717) is 9.91 Å². The molecule has 0 aromatic carbocycles. The number of urea groups is 2. The van der Waals surface area contributed by atoms with Gasteiger partial charge in [0.25, 0.3) is 17.7 Å². The third-order valence-corrected chi connectivity index (χ3v) is 8.22. The number of hydrogen-bond acceptors (Lipinski definition) is 15. The number of anilines is 1. The molecule has 2 aromatic heterocycles. The molecule has 25 heteroatoms. The quantitative estimate of drug-likeness (QED) is 0.0543. The van der Waals surface area contributed by atoms with Crippen molar-refractivity contribution in [3.8, 4) is 5.75 Å². The maximum absolute atomic E-state index is 12.9. The molecule has 1 unspecified atom stereocenters. The maximum atomic E-state index is 12.9. The molecular formula is C22H25N10NaO12S2. The number of aromatic nitrogens is 2. The van der Waals surface area contributed by atoms with Gasteiger partial charge in [0.15, 0.2) is 16.6 Å². The summed E-state index contributed by atoms with van der Waals surface area (Å²) in [6, 6.07) is -3.34. The Morgan fingerprint density at radius 3 is 2.47 bits per heavy atom. The van der Waals surface area contributed by atoms with Gasteiger partial charge in [-0.15, -0.1) is 11.3 Å². The number of aromatic amines is 1. The number of amides is 7. The Labute approximate surface area is 289 Å². The summed E-state index contributed by atoms with van der Waals surface area (Å²) < 4.78 is 27.3. The molecule has 47 heavy (non-hydrogen) atoms. The van der Waals surface area contributed by atoms with Crippen molar-refractivity contribution >= 4 is 97.7 Å². The molecule has 0 saturated carbocycles. The molecule has 4 rings (SSSR count). The Balaban J connectivity index is 0.00000600. The minimum atomic E-state index is -4.90. The molecule has 7 amide bonds. The number of β-lactam (4-membered cyclic amide) rings is 1. The van der Waals surface area contributed by atoms with Gasteiger partial charge in [-0.2, -0.15) is 8.42 Å². The minimum absolute atomic E-state index is 0. The topological polar surface area (TPSA) is 316 Å². The molecule has 0 radical (unpaired) electrons. The number of nitrogens with two attached hydrogens (primary N) is 1. The number of likely N-dealkylation sites (tertiary alicyclic amines) is 1. The number of hydrogen-bond donors (Lipinski definition) is 7. The van der Waals surface area contributed by atoms with Gasteiger partial charge in [0.1, 0.15) is 17.4 Å². The number of nitrogens with one attached hydrogen (secondary N) is 4. The summed E-state index contributed by atoms with van der Waals surface area (Å²) in [5.74, 6) is -5.19. The Morgan fingerprint density at radius 2 is 1.89 bits per heavy atom. The van der Waals surface area contributed by atoms with Crippen LogP contribution in [0.3, 0.4) is 0 Å². The second-order valence-corrected chi connectivity index (χ2v) is 12.3. The van der Waals surface area contributed by atoms with E-state index in [4.69, 9.17) is 10.6 Å². The molecule has 2 saturated heterocycles. The van der Waals surface area contributed by atoms with E-state index in [1.165, 1.54) is 5.38 Å². The first-order valence-corrected chi connectivity index (χ1v) is 14.9. The monoisotopic (exact) mass is 708 g/mol. The molecule has 0 bridgehead atoms. The number of carboxylic acids is 1. The summed E-state index contributed by atoms with van der Waals surface area (Å²) in [5.41, 5.74) is 3.93. The number of imide groups is 1. The number of rotatable bonds is 10. The second-order valence-electron chi connectivity index (χ2n) is 9.85. The number of aliphatic carboxylic acids is 1. The number of carbonyl (C=O) groups is 6. The van der Waals surface area contributed by atoms with Gasteiger partial charge in [-0.05, 0) is 13.8 Å². The standard InChI is InChI=1S/C22H24N10O12S2.Na.H/c1-22(2,18(38)39)44-28-14(11-8-45-19(23)26-11)16(36)25-10-7-30(17(10)37)20(40)29-46(42,43)32-4-3-31(21(32)41)27-15(35)9-5-12(33)13(34)6-24-9;;/h5-6,8,10,34H,3-4,7H2,1-2H3,(H2,23,26)(H,24,33)(H,25,36)(H,27,35)(H,29,40)(H,38,39);;/b28-14-;;. The van der Waals surface area contributed by atoms with E-state index in [2.05, 4.69) is 25.9 Å². The van der Waals surface area contributed by atoms with Crippen LogP contribution in [0.15, 0.2) is 27.6 Å². The van der Waals surface area contributed by atoms with E-state index in [0.717, 1.165) is 37.4 Å². The molecule has 248 valence electrons. The van der Waals surface area contributed by atoms with Crippen LogP contribution in [0.25, 0.3) is 0 Å². The SMILES string of the molecule is CC(C)(O/N=C(\C(=O)NC1CN(C(=O)NS(=O)(=O)N2CCN(NC(=O)c3cc(=O)c(O)c[nH]3)C2=O)C1=O)c1csc(N)n1)C(=O)O.[NaH]. The molecule has 2 aromatic rings. The zero-order valence-corrected chi connectivity index (χ0v) is 25.2. The number of thiazole rings is 1. The summed E-state index contributed by atoms with van der Waals surface area (Å²) in [6.45, 7) is 0.924. The van der Waals surface area contributed by atoms with Gasteiger partial charge in [-0.3, -0.25) is 29.5 Å². The van der Waals surface area contributed by atoms with Crippen LogP contribution in [-0.4, -0.2) is 145 Å². The fraction of sp³-hybridized carbons (Fsp3) is 0.318. The zero-order valence-electron chi connectivity index (χ0n) is 23.5. The molecule has 2 aliphatic heterocycles. The summed E-state index contributed by atoms with van der Waals surface area (Å²) in [7, 11) is -4.90. The molecule has 2 fully saturated rings. The average Bonchev–Trinajstić information content (AvgIpc) is 3.56. The van der Waals surface area contributed by atoms with Crippen LogP contribution < -0.4 is 26.6 Å². The van der Waals surface area contributed by atoms with Crippen LogP contribution in [0.2, 0.25) is 0 Å². The van der Waals surface area contributed by atoms with Gasteiger partial charge in [0.2, 0.25) is 11.0 Å². The number of H-pyrrole nitrogens is 1. The van der Waals surface area contributed by atoms with Gasteiger partial charge in [0, 0.05) is 17.6 Å². The van der Waals surface area contributed by atoms with Gasteiger partial charge < -0.3 is 31.1 Å². The Hall–Kier alpha value is -4.78. The van der Waals surface area contributed by atoms with Crippen molar-refractivity contribution in [2.24, 2.45) is 5.16 Å². The number of oxime groups is 1. The van der Waals surface area contributed by atoms with Crippen molar-refractivity contribution < 1.29 is 52.2 Å². The van der Waals surface area contributed by atoms with Crippen molar-refractivity contribution in [2.45, 2.75) is 25.5 Å².